The second kappa shape index (κ2) is 10.9. The fraction of sp³-hybridized carbons (Fsp3) is 0.238. The van der Waals surface area contributed by atoms with Gasteiger partial charge in [0.05, 0.1) is 34.1 Å². The molecule has 0 bridgehead atoms. The fourth-order valence-electron chi connectivity index (χ4n) is 2.99. The molecule has 3 aromatic rings. The number of halogens is 3. The van der Waals surface area contributed by atoms with Crippen LogP contribution in [-0.4, -0.2) is 52.9 Å². The van der Waals surface area contributed by atoms with Crippen molar-refractivity contribution in [2.45, 2.75) is 13.5 Å². The van der Waals surface area contributed by atoms with Crippen molar-refractivity contribution in [1.82, 2.24) is 14.7 Å². The van der Waals surface area contributed by atoms with E-state index in [1.165, 1.54) is 12.0 Å². The Morgan fingerprint density at radius 3 is 2.50 bits per heavy atom. The molecule has 2 aromatic heterocycles. The van der Waals surface area contributed by atoms with Crippen LogP contribution in [0.25, 0.3) is 0 Å². The molecule has 1 amide bonds. The molecule has 0 fully saturated rings. The number of amides is 1. The molecule has 0 unspecified atom stereocenters. The van der Waals surface area contributed by atoms with Gasteiger partial charge in [-0.3, -0.25) is 9.48 Å². The third-order valence-corrected chi connectivity index (χ3v) is 7.06. The third-order valence-electron chi connectivity index (χ3n) is 4.64. The van der Waals surface area contributed by atoms with Gasteiger partial charge in [0.2, 0.25) is 0 Å². The maximum atomic E-state index is 12.5. The molecule has 2 heterocycles. The Bertz CT molecular complexity index is 1270. The Labute approximate surface area is 220 Å². The average molecular weight is 561 g/mol. The molecule has 0 atom stereocenters. The zero-order valence-corrected chi connectivity index (χ0v) is 22.4. The second-order valence-electron chi connectivity index (χ2n) is 7.30. The van der Waals surface area contributed by atoms with Crippen molar-refractivity contribution in [3.05, 3.63) is 61.0 Å². The van der Waals surface area contributed by atoms with Gasteiger partial charge in [0.15, 0.2) is 10.9 Å². The number of nitrogens with zero attached hydrogens (tertiary/aromatic N) is 3. The first-order chi connectivity index (χ1) is 16.0. The van der Waals surface area contributed by atoms with Gasteiger partial charge in [-0.05, 0) is 42.4 Å². The number of benzene rings is 1. The molecule has 2 N–H and O–H groups in total. The Hall–Kier alpha value is -2.37. The van der Waals surface area contributed by atoms with E-state index in [1.54, 1.807) is 44.0 Å². The highest BCUT2D eigenvalue weighted by atomic mass is 35.5. The van der Waals surface area contributed by atoms with Gasteiger partial charge in [-0.25, -0.2) is 4.79 Å². The molecule has 0 radical (unpaired) electrons. The number of rotatable bonds is 6. The Balaban J connectivity index is 1.79. The molecule has 34 heavy (non-hydrogen) atoms. The standard InChI is InChI=1S/C21H20Cl3N5O3S2/c1-10-15(20(31)32-4)18(34-16(10)19(30)28(2)3)26-21(33)25-17-14(24)9-29(27-17)8-11-5-6-12(22)13(23)7-11/h5-7,9H,8H2,1-4H3,(H2,25,26,27,33). The van der Waals surface area contributed by atoms with Crippen LogP contribution in [0.5, 0.6) is 0 Å². The van der Waals surface area contributed by atoms with Crippen LogP contribution in [0.1, 0.15) is 31.2 Å². The van der Waals surface area contributed by atoms with Crippen molar-refractivity contribution >= 4 is 86.2 Å². The Kier molecular flexibility index (Phi) is 8.43. The highest BCUT2D eigenvalue weighted by Gasteiger charge is 2.26. The summed E-state index contributed by atoms with van der Waals surface area (Å²) in [5.41, 5.74) is 1.62. The first kappa shape index (κ1) is 26.2. The number of anilines is 2. The number of ether oxygens (including phenoxy) is 1. The van der Waals surface area contributed by atoms with Crippen molar-refractivity contribution in [2.24, 2.45) is 0 Å². The molecule has 13 heteroatoms. The molecule has 0 aliphatic carbocycles. The molecular weight excluding hydrogens is 541 g/mol. The normalized spacial score (nSPS) is 10.7. The molecule has 1 aromatic carbocycles. The molecule has 0 saturated heterocycles. The number of thiocarbonyl (C=S) groups is 1. The maximum absolute atomic E-state index is 12.5. The summed E-state index contributed by atoms with van der Waals surface area (Å²) in [5, 5.41) is 12.0. The lowest BCUT2D eigenvalue weighted by molar-refractivity contribution is 0.0601. The van der Waals surface area contributed by atoms with Crippen LogP contribution < -0.4 is 10.6 Å². The summed E-state index contributed by atoms with van der Waals surface area (Å²) >= 11 is 24.9. The van der Waals surface area contributed by atoms with Gasteiger partial charge in [0, 0.05) is 20.3 Å². The van der Waals surface area contributed by atoms with E-state index in [2.05, 4.69) is 15.7 Å². The molecule has 0 aliphatic rings. The summed E-state index contributed by atoms with van der Waals surface area (Å²) in [6.45, 7) is 2.09. The van der Waals surface area contributed by atoms with E-state index in [1.807, 2.05) is 6.07 Å². The van der Waals surface area contributed by atoms with Gasteiger partial charge in [-0.2, -0.15) is 5.10 Å². The number of thiophene rings is 1. The number of esters is 1. The van der Waals surface area contributed by atoms with Gasteiger partial charge in [-0.15, -0.1) is 11.3 Å². The quantitative estimate of drug-likeness (QED) is 0.301. The van der Waals surface area contributed by atoms with E-state index < -0.39 is 5.97 Å². The average Bonchev–Trinajstić information content (AvgIpc) is 3.28. The van der Waals surface area contributed by atoms with Gasteiger partial charge < -0.3 is 20.3 Å². The smallest absolute Gasteiger partial charge is 0.341 e. The lowest BCUT2D eigenvalue weighted by atomic mass is 10.1. The van der Waals surface area contributed by atoms with Crippen molar-refractivity contribution in [3.63, 3.8) is 0 Å². The van der Waals surface area contributed by atoms with Crippen LogP contribution in [0.3, 0.4) is 0 Å². The number of carbonyl (C=O) groups is 2. The molecule has 0 aliphatic heterocycles. The molecule has 3 rings (SSSR count). The first-order valence-electron chi connectivity index (χ1n) is 9.70. The van der Waals surface area contributed by atoms with Crippen molar-refractivity contribution < 1.29 is 14.3 Å². The zero-order chi connectivity index (χ0) is 25.2. The van der Waals surface area contributed by atoms with E-state index in [4.69, 9.17) is 51.8 Å². The van der Waals surface area contributed by atoms with Crippen LogP contribution >= 0.6 is 58.4 Å². The minimum atomic E-state index is -0.583. The van der Waals surface area contributed by atoms with E-state index in [-0.39, 0.29) is 16.6 Å². The van der Waals surface area contributed by atoms with Gasteiger partial charge in [0.25, 0.3) is 5.91 Å². The number of methoxy groups -OCH3 is 1. The predicted molar refractivity (Wildman–Crippen MR) is 141 cm³/mol. The van der Waals surface area contributed by atoms with E-state index in [0.717, 1.165) is 16.9 Å². The summed E-state index contributed by atoms with van der Waals surface area (Å²) in [4.78, 5) is 26.7. The van der Waals surface area contributed by atoms with Crippen molar-refractivity contribution in [1.29, 1.82) is 0 Å². The zero-order valence-electron chi connectivity index (χ0n) is 18.5. The van der Waals surface area contributed by atoms with E-state index in [0.29, 0.717) is 42.9 Å². The number of aromatic nitrogens is 2. The lowest BCUT2D eigenvalue weighted by Gasteiger charge is -2.09. The number of hydrogen-bond donors (Lipinski definition) is 2. The van der Waals surface area contributed by atoms with Crippen molar-refractivity contribution in [2.75, 3.05) is 31.8 Å². The van der Waals surface area contributed by atoms with Crippen LogP contribution in [0.4, 0.5) is 10.8 Å². The topological polar surface area (TPSA) is 88.5 Å². The lowest BCUT2D eigenvalue weighted by Crippen LogP contribution is -2.21. The fourth-order valence-corrected chi connectivity index (χ4v) is 4.99. The maximum Gasteiger partial charge on any atom is 0.341 e. The van der Waals surface area contributed by atoms with Gasteiger partial charge >= 0.3 is 5.97 Å². The van der Waals surface area contributed by atoms with Gasteiger partial charge in [0.1, 0.15) is 10.0 Å². The third kappa shape index (κ3) is 5.81. The summed E-state index contributed by atoms with van der Waals surface area (Å²) in [5.74, 6) is -0.499. The minimum absolute atomic E-state index is 0.136. The number of nitrogens with one attached hydrogen (secondary N) is 2. The molecule has 0 saturated carbocycles. The van der Waals surface area contributed by atoms with Crippen LogP contribution in [-0.2, 0) is 11.3 Å². The second-order valence-corrected chi connectivity index (χ2v) is 9.95. The van der Waals surface area contributed by atoms with E-state index >= 15 is 0 Å². The molecule has 180 valence electrons. The SMILES string of the molecule is COC(=O)c1c(NC(=S)Nc2nn(Cc3ccc(Cl)c(Cl)c3)cc2Cl)sc(C(=O)N(C)C)c1C. The highest BCUT2D eigenvalue weighted by Crippen LogP contribution is 2.34. The van der Waals surface area contributed by atoms with Crippen molar-refractivity contribution in [3.8, 4) is 0 Å². The van der Waals surface area contributed by atoms with Gasteiger partial charge in [-0.1, -0.05) is 40.9 Å². The molecule has 8 nitrogen and oxygen atoms in total. The van der Waals surface area contributed by atoms with E-state index in [9.17, 15) is 9.59 Å². The van der Waals surface area contributed by atoms with Crippen LogP contribution in [0.2, 0.25) is 15.1 Å². The minimum Gasteiger partial charge on any atom is -0.465 e. The number of carbonyl (C=O) groups excluding carboxylic acids is 2. The summed E-state index contributed by atoms with van der Waals surface area (Å²) in [6, 6.07) is 5.29. The monoisotopic (exact) mass is 559 g/mol. The Morgan fingerprint density at radius 1 is 1.18 bits per heavy atom. The number of hydrogen-bond acceptors (Lipinski definition) is 6. The summed E-state index contributed by atoms with van der Waals surface area (Å²) in [6.07, 6.45) is 1.64. The van der Waals surface area contributed by atoms with Crippen LogP contribution in [0.15, 0.2) is 24.4 Å². The predicted octanol–water partition coefficient (Wildman–Crippen LogP) is 5.56. The molecule has 0 spiro atoms. The highest BCUT2D eigenvalue weighted by molar-refractivity contribution is 7.80. The summed E-state index contributed by atoms with van der Waals surface area (Å²) in [7, 11) is 4.54. The largest absolute Gasteiger partial charge is 0.465 e. The first-order valence-corrected chi connectivity index (χ1v) is 12.1. The molecular formula is C21H20Cl3N5O3S2. The Morgan fingerprint density at radius 2 is 1.88 bits per heavy atom. The summed E-state index contributed by atoms with van der Waals surface area (Å²) < 4.78 is 6.51. The van der Waals surface area contributed by atoms with Crippen LogP contribution in [0, 0.1) is 6.92 Å².